The average molecular weight is 287 g/mol. The molecule has 0 saturated carbocycles. The summed E-state index contributed by atoms with van der Waals surface area (Å²) in [5.41, 5.74) is 0.0929. The summed E-state index contributed by atoms with van der Waals surface area (Å²) >= 11 is 0. The quantitative estimate of drug-likeness (QED) is 0.924. The lowest BCUT2D eigenvalue weighted by molar-refractivity contribution is -0.137. The molecule has 1 aromatic rings. The Bertz CT molecular complexity index is 450. The van der Waals surface area contributed by atoms with Crippen molar-refractivity contribution in [1.82, 2.24) is 5.32 Å². The van der Waals surface area contributed by atoms with Crippen molar-refractivity contribution in [2.75, 3.05) is 13.2 Å². The minimum absolute atomic E-state index is 0.144. The second-order valence-corrected chi connectivity index (χ2v) is 4.74. The lowest BCUT2D eigenvalue weighted by Crippen LogP contribution is -2.35. The molecule has 0 aliphatic carbocycles. The fourth-order valence-corrected chi connectivity index (χ4v) is 2.09. The predicted molar refractivity (Wildman–Crippen MR) is 67.1 cm³/mol. The van der Waals surface area contributed by atoms with Gasteiger partial charge in [0.2, 0.25) is 5.91 Å². The summed E-state index contributed by atoms with van der Waals surface area (Å²) in [6.45, 7) is 1.00. The van der Waals surface area contributed by atoms with E-state index in [0.717, 1.165) is 30.5 Å². The molecule has 1 aliphatic heterocycles. The highest BCUT2D eigenvalue weighted by molar-refractivity contribution is 5.80. The van der Waals surface area contributed by atoms with Gasteiger partial charge in [-0.15, -0.1) is 0 Å². The fraction of sp³-hybridized carbons (Fsp3) is 0.500. The van der Waals surface area contributed by atoms with Gasteiger partial charge in [-0.1, -0.05) is 12.1 Å². The smallest absolute Gasteiger partial charge is 0.368 e. The van der Waals surface area contributed by atoms with Crippen molar-refractivity contribution in [1.29, 1.82) is 0 Å². The summed E-state index contributed by atoms with van der Waals surface area (Å²) in [5.74, 6) is -0.144. The molecule has 1 amide bonds. The number of carbonyl (C=O) groups is 1. The number of halogens is 3. The van der Waals surface area contributed by atoms with Gasteiger partial charge in [-0.3, -0.25) is 4.79 Å². The number of carbonyl (C=O) groups excluding carboxylic acids is 1. The largest absolute Gasteiger partial charge is 0.416 e. The number of benzene rings is 1. The maximum atomic E-state index is 12.4. The third-order valence-corrected chi connectivity index (χ3v) is 3.22. The molecule has 1 aromatic carbocycles. The molecule has 20 heavy (non-hydrogen) atoms. The van der Waals surface area contributed by atoms with Crippen molar-refractivity contribution in [3.05, 3.63) is 35.4 Å². The zero-order valence-corrected chi connectivity index (χ0v) is 10.9. The standard InChI is InChI=1S/C14H16F3NO2/c15-14(16,17)11-5-3-10(4-6-11)7-8-18-13(19)12-2-1-9-20-12/h3-6,12H,1-2,7-9H2,(H,18,19)/t12-/m0/s1. The lowest BCUT2D eigenvalue weighted by atomic mass is 10.1. The predicted octanol–water partition coefficient (Wildman–Crippen LogP) is 2.54. The SMILES string of the molecule is O=C(NCCc1ccc(C(F)(F)F)cc1)[C@@H]1CCCO1. The van der Waals surface area contributed by atoms with E-state index in [0.29, 0.717) is 19.6 Å². The second-order valence-electron chi connectivity index (χ2n) is 4.74. The first kappa shape index (κ1) is 14.8. The minimum Gasteiger partial charge on any atom is -0.368 e. The van der Waals surface area contributed by atoms with E-state index in [1.54, 1.807) is 0 Å². The minimum atomic E-state index is -4.31. The molecule has 1 aliphatic rings. The number of hydrogen-bond acceptors (Lipinski definition) is 2. The molecule has 2 rings (SSSR count). The molecule has 1 N–H and O–H groups in total. The average Bonchev–Trinajstić information content (AvgIpc) is 2.92. The van der Waals surface area contributed by atoms with E-state index >= 15 is 0 Å². The van der Waals surface area contributed by atoms with Gasteiger partial charge >= 0.3 is 6.18 Å². The van der Waals surface area contributed by atoms with Crippen LogP contribution in [0, 0.1) is 0 Å². The third kappa shape index (κ3) is 3.96. The van der Waals surface area contributed by atoms with Crippen molar-refractivity contribution < 1.29 is 22.7 Å². The molecule has 1 atom stereocenters. The fourth-order valence-electron chi connectivity index (χ4n) is 2.09. The molecule has 1 fully saturated rings. The van der Waals surface area contributed by atoms with Gasteiger partial charge < -0.3 is 10.1 Å². The molecule has 0 unspecified atom stereocenters. The molecule has 0 aromatic heterocycles. The summed E-state index contributed by atoms with van der Waals surface area (Å²) in [6, 6.07) is 4.97. The Balaban J connectivity index is 1.78. The summed E-state index contributed by atoms with van der Waals surface area (Å²) in [4.78, 5) is 11.6. The van der Waals surface area contributed by atoms with Crippen LogP contribution < -0.4 is 5.32 Å². The van der Waals surface area contributed by atoms with Gasteiger partial charge in [0.1, 0.15) is 6.10 Å². The van der Waals surface area contributed by atoms with Gasteiger partial charge in [-0.2, -0.15) is 13.2 Å². The van der Waals surface area contributed by atoms with E-state index in [4.69, 9.17) is 4.74 Å². The van der Waals surface area contributed by atoms with Crippen LogP contribution >= 0.6 is 0 Å². The van der Waals surface area contributed by atoms with E-state index in [1.807, 2.05) is 0 Å². The van der Waals surface area contributed by atoms with Crippen molar-refractivity contribution in [3.8, 4) is 0 Å². The maximum Gasteiger partial charge on any atom is 0.416 e. The van der Waals surface area contributed by atoms with Crippen LogP contribution in [0.3, 0.4) is 0 Å². The highest BCUT2D eigenvalue weighted by Gasteiger charge is 2.29. The highest BCUT2D eigenvalue weighted by atomic mass is 19.4. The van der Waals surface area contributed by atoms with Crippen molar-refractivity contribution >= 4 is 5.91 Å². The maximum absolute atomic E-state index is 12.4. The first-order chi connectivity index (χ1) is 9.47. The van der Waals surface area contributed by atoms with Crippen LogP contribution in [-0.2, 0) is 22.1 Å². The van der Waals surface area contributed by atoms with Gasteiger partial charge in [0, 0.05) is 13.2 Å². The van der Waals surface area contributed by atoms with E-state index in [1.165, 1.54) is 12.1 Å². The molecule has 0 radical (unpaired) electrons. The van der Waals surface area contributed by atoms with Crippen LogP contribution in [0.1, 0.15) is 24.0 Å². The van der Waals surface area contributed by atoms with Crippen molar-refractivity contribution in [2.45, 2.75) is 31.5 Å². The van der Waals surface area contributed by atoms with Crippen molar-refractivity contribution in [3.63, 3.8) is 0 Å². The lowest BCUT2D eigenvalue weighted by Gasteiger charge is -2.11. The first-order valence-corrected chi connectivity index (χ1v) is 6.52. The first-order valence-electron chi connectivity index (χ1n) is 6.52. The number of ether oxygens (including phenoxy) is 1. The van der Waals surface area contributed by atoms with Gasteiger partial charge in [0.15, 0.2) is 0 Å². The zero-order chi connectivity index (χ0) is 14.6. The van der Waals surface area contributed by atoms with Crippen molar-refractivity contribution in [2.24, 2.45) is 0 Å². The van der Waals surface area contributed by atoms with Gasteiger partial charge in [0.25, 0.3) is 0 Å². The summed E-state index contributed by atoms with van der Waals surface area (Å²) in [7, 11) is 0. The molecule has 0 spiro atoms. The Labute approximate surface area is 115 Å². The molecule has 0 bridgehead atoms. The van der Waals surface area contributed by atoms with Crippen LogP contribution in [0.15, 0.2) is 24.3 Å². The molecular formula is C14H16F3NO2. The highest BCUT2D eigenvalue weighted by Crippen LogP contribution is 2.29. The number of hydrogen-bond donors (Lipinski definition) is 1. The Morgan fingerprint density at radius 1 is 1.30 bits per heavy atom. The van der Waals surface area contributed by atoms with Crippen LogP contribution in [0.25, 0.3) is 0 Å². The van der Waals surface area contributed by atoms with E-state index in [2.05, 4.69) is 5.32 Å². The van der Waals surface area contributed by atoms with Gasteiger partial charge in [-0.05, 0) is 37.0 Å². The molecular weight excluding hydrogens is 271 g/mol. The van der Waals surface area contributed by atoms with E-state index < -0.39 is 11.7 Å². The Hall–Kier alpha value is -1.56. The Kier molecular flexibility index (Phi) is 4.65. The Morgan fingerprint density at radius 3 is 2.55 bits per heavy atom. The summed E-state index contributed by atoms with van der Waals surface area (Å²) in [6.07, 6.45) is -2.57. The topological polar surface area (TPSA) is 38.3 Å². The number of rotatable bonds is 4. The third-order valence-electron chi connectivity index (χ3n) is 3.22. The molecule has 6 heteroatoms. The van der Waals surface area contributed by atoms with Gasteiger partial charge in [-0.25, -0.2) is 0 Å². The van der Waals surface area contributed by atoms with E-state index in [-0.39, 0.29) is 12.0 Å². The number of amides is 1. The molecule has 1 saturated heterocycles. The van der Waals surface area contributed by atoms with E-state index in [9.17, 15) is 18.0 Å². The molecule has 1 heterocycles. The van der Waals surface area contributed by atoms with Gasteiger partial charge in [0.05, 0.1) is 5.56 Å². The molecule has 3 nitrogen and oxygen atoms in total. The zero-order valence-electron chi connectivity index (χ0n) is 10.9. The second kappa shape index (κ2) is 6.26. The normalized spacial score (nSPS) is 19.1. The Morgan fingerprint density at radius 2 is 2.00 bits per heavy atom. The van der Waals surface area contributed by atoms with Crippen LogP contribution in [0.2, 0.25) is 0 Å². The molecule has 110 valence electrons. The summed E-state index contributed by atoms with van der Waals surface area (Å²) < 4.78 is 42.4. The number of nitrogens with one attached hydrogen (secondary N) is 1. The summed E-state index contributed by atoms with van der Waals surface area (Å²) in [5, 5.41) is 2.73. The van der Waals surface area contributed by atoms with Crippen LogP contribution in [-0.4, -0.2) is 25.2 Å². The number of alkyl halides is 3. The van der Waals surface area contributed by atoms with Crippen LogP contribution in [0.4, 0.5) is 13.2 Å². The van der Waals surface area contributed by atoms with Crippen LogP contribution in [0.5, 0.6) is 0 Å². The monoisotopic (exact) mass is 287 g/mol.